The smallest absolute Gasteiger partial charge is 0.269 e. The molecular formula is C24H31N3O4S. The molecule has 0 radical (unpaired) electrons. The first-order valence-corrected chi connectivity index (χ1v) is 11.9. The summed E-state index contributed by atoms with van der Waals surface area (Å²) in [6, 6.07) is 13.6. The summed E-state index contributed by atoms with van der Waals surface area (Å²) in [5, 5.41) is 13.7. The largest absolute Gasteiger partial charge is 0.354 e. The molecule has 1 N–H and O–H groups in total. The SMILES string of the molecule is CCCCNC(=O)[C@@H](C)N(Cc1ccccc1C)C(=O)CSCc1ccc([N+](=O)[O-])cc1. The van der Waals surface area contributed by atoms with E-state index in [0.717, 1.165) is 29.5 Å². The van der Waals surface area contributed by atoms with Gasteiger partial charge in [0.2, 0.25) is 11.8 Å². The van der Waals surface area contributed by atoms with Crippen LogP contribution >= 0.6 is 11.8 Å². The van der Waals surface area contributed by atoms with Crippen LogP contribution in [0, 0.1) is 17.0 Å². The maximum absolute atomic E-state index is 13.1. The van der Waals surface area contributed by atoms with Gasteiger partial charge in [-0.1, -0.05) is 49.7 Å². The van der Waals surface area contributed by atoms with Crippen molar-refractivity contribution < 1.29 is 14.5 Å². The molecule has 0 aromatic heterocycles. The number of non-ortho nitro benzene ring substituents is 1. The Balaban J connectivity index is 2.04. The summed E-state index contributed by atoms with van der Waals surface area (Å²) in [7, 11) is 0. The highest BCUT2D eigenvalue weighted by molar-refractivity contribution is 7.99. The Morgan fingerprint density at radius 1 is 1.16 bits per heavy atom. The van der Waals surface area contributed by atoms with Crippen molar-refractivity contribution in [2.45, 2.75) is 52.0 Å². The number of carbonyl (C=O) groups excluding carboxylic acids is 2. The minimum Gasteiger partial charge on any atom is -0.354 e. The predicted octanol–water partition coefficient (Wildman–Crippen LogP) is 4.47. The Labute approximate surface area is 193 Å². The van der Waals surface area contributed by atoms with E-state index in [2.05, 4.69) is 12.2 Å². The molecular weight excluding hydrogens is 426 g/mol. The Morgan fingerprint density at radius 3 is 2.47 bits per heavy atom. The van der Waals surface area contributed by atoms with Crippen LogP contribution in [0.5, 0.6) is 0 Å². The molecule has 2 rings (SSSR count). The van der Waals surface area contributed by atoms with Crippen LogP contribution in [0.25, 0.3) is 0 Å². The van der Waals surface area contributed by atoms with Gasteiger partial charge in [0.1, 0.15) is 6.04 Å². The number of unbranched alkanes of at least 4 members (excludes halogenated alkanes) is 1. The van der Waals surface area contributed by atoms with Crippen LogP contribution in [0.2, 0.25) is 0 Å². The lowest BCUT2D eigenvalue weighted by Crippen LogP contribution is -2.48. The molecule has 0 aliphatic heterocycles. The molecule has 2 amide bonds. The maximum atomic E-state index is 13.1. The molecule has 0 saturated heterocycles. The first-order chi connectivity index (χ1) is 15.3. The molecule has 2 aromatic rings. The van der Waals surface area contributed by atoms with Crippen LogP contribution in [0.4, 0.5) is 5.69 Å². The van der Waals surface area contributed by atoms with Gasteiger partial charge in [-0.25, -0.2) is 0 Å². The van der Waals surface area contributed by atoms with Gasteiger partial charge < -0.3 is 10.2 Å². The number of aryl methyl sites for hydroxylation is 1. The first kappa shape index (κ1) is 25.4. The van der Waals surface area contributed by atoms with E-state index in [4.69, 9.17) is 0 Å². The number of nitro groups is 1. The van der Waals surface area contributed by atoms with Crippen molar-refractivity contribution in [2.24, 2.45) is 0 Å². The summed E-state index contributed by atoms with van der Waals surface area (Å²) in [6.45, 7) is 6.78. The van der Waals surface area contributed by atoms with Crippen LogP contribution in [0.3, 0.4) is 0 Å². The average Bonchev–Trinajstić information content (AvgIpc) is 2.78. The normalized spacial score (nSPS) is 11.6. The summed E-state index contributed by atoms with van der Waals surface area (Å²) in [5.74, 6) is 0.508. The molecule has 0 aliphatic rings. The highest BCUT2D eigenvalue weighted by Crippen LogP contribution is 2.19. The van der Waals surface area contributed by atoms with Gasteiger partial charge >= 0.3 is 0 Å². The van der Waals surface area contributed by atoms with Gasteiger partial charge in [0.05, 0.1) is 10.7 Å². The minimum atomic E-state index is -0.584. The van der Waals surface area contributed by atoms with Crippen molar-refractivity contribution in [1.82, 2.24) is 10.2 Å². The molecule has 0 spiro atoms. The Morgan fingerprint density at radius 2 is 1.84 bits per heavy atom. The second-order valence-electron chi connectivity index (χ2n) is 7.69. The van der Waals surface area contributed by atoms with E-state index in [1.165, 1.54) is 23.9 Å². The fraction of sp³-hybridized carbons (Fsp3) is 0.417. The highest BCUT2D eigenvalue weighted by Gasteiger charge is 2.26. The number of rotatable bonds is 12. The standard InChI is InChI=1S/C24H31N3O4S/c1-4-5-14-25-24(29)19(3)26(15-21-9-7-6-8-18(21)2)23(28)17-32-16-20-10-12-22(13-11-20)27(30)31/h6-13,19H,4-5,14-17H2,1-3H3,(H,25,29)/t19-/m1/s1. The molecule has 0 bridgehead atoms. The zero-order valence-corrected chi connectivity index (χ0v) is 19.7. The number of carbonyl (C=O) groups is 2. The zero-order chi connectivity index (χ0) is 23.5. The number of amides is 2. The third kappa shape index (κ3) is 7.67. The Hall–Kier alpha value is -2.87. The van der Waals surface area contributed by atoms with Gasteiger partial charge in [-0.3, -0.25) is 19.7 Å². The quantitative estimate of drug-likeness (QED) is 0.288. The van der Waals surface area contributed by atoms with Gasteiger partial charge in [-0.05, 0) is 37.0 Å². The molecule has 172 valence electrons. The van der Waals surface area contributed by atoms with Crippen molar-refractivity contribution in [3.05, 3.63) is 75.3 Å². The second-order valence-corrected chi connectivity index (χ2v) is 8.67. The topological polar surface area (TPSA) is 92.6 Å². The zero-order valence-electron chi connectivity index (χ0n) is 18.9. The lowest BCUT2D eigenvalue weighted by Gasteiger charge is -2.29. The molecule has 0 fully saturated rings. The third-order valence-electron chi connectivity index (χ3n) is 5.24. The van der Waals surface area contributed by atoms with E-state index in [0.29, 0.717) is 18.8 Å². The van der Waals surface area contributed by atoms with Gasteiger partial charge in [0.15, 0.2) is 0 Å². The fourth-order valence-corrected chi connectivity index (χ4v) is 4.01. The summed E-state index contributed by atoms with van der Waals surface area (Å²) in [6.07, 6.45) is 1.88. The summed E-state index contributed by atoms with van der Waals surface area (Å²) in [5.41, 5.74) is 3.03. The van der Waals surface area contributed by atoms with Gasteiger partial charge in [0, 0.05) is 31.0 Å². The molecule has 0 heterocycles. The van der Waals surface area contributed by atoms with Crippen molar-refractivity contribution in [2.75, 3.05) is 12.3 Å². The molecule has 1 atom stereocenters. The van der Waals surface area contributed by atoms with Crippen molar-refractivity contribution >= 4 is 29.3 Å². The van der Waals surface area contributed by atoms with Crippen LogP contribution < -0.4 is 5.32 Å². The molecule has 2 aromatic carbocycles. The van der Waals surface area contributed by atoms with Crippen LogP contribution in [-0.2, 0) is 21.9 Å². The number of hydrogen-bond acceptors (Lipinski definition) is 5. The second kappa shape index (κ2) is 12.9. The third-order valence-corrected chi connectivity index (χ3v) is 6.23. The minimum absolute atomic E-state index is 0.0437. The lowest BCUT2D eigenvalue weighted by molar-refractivity contribution is -0.384. The molecule has 0 saturated carbocycles. The molecule has 8 heteroatoms. The van der Waals surface area contributed by atoms with Crippen LogP contribution in [-0.4, -0.2) is 40.0 Å². The molecule has 32 heavy (non-hydrogen) atoms. The number of benzene rings is 2. The van der Waals surface area contributed by atoms with Crippen molar-refractivity contribution in [3.63, 3.8) is 0 Å². The van der Waals surface area contributed by atoms with E-state index >= 15 is 0 Å². The van der Waals surface area contributed by atoms with Crippen LogP contribution in [0.1, 0.15) is 43.4 Å². The first-order valence-electron chi connectivity index (χ1n) is 10.8. The fourth-order valence-electron chi connectivity index (χ4n) is 3.14. The number of nitrogens with one attached hydrogen (secondary N) is 1. The summed E-state index contributed by atoms with van der Waals surface area (Å²) >= 11 is 1.43. The van der Waals surface area contributed by atoms with Gasteiger partial charge in [-0.15, -0.1) is 11.8 Å². The van der Waals surface area contributed by atoms with Gasteiger partial charge in [-0.2, -0.15) is 0 Å². The molecule has 0 unspecified atom stereocenters. The van der Waals surface area contributed by atoms with E-state index in [1.807, 2.05) is 31.2 Å². The number of nitrogens with zero attached hydrogens (tertiary/aromatic N) is 2. The predicted molar refractivity (Wildman–Crippen MR) is 128 cm³/mol. The van der Waals surface area contributed by atoms with Gasteiger partial charge in [0.25, 0.3) is 5.69 Å². The summed E-state index contributed by atoms with van der Waals surface area (Å²) in [4.78, 5) is 37.7. The average molecular weight is 458 g/mol. The monoisotopic (exact) mass is 457 g/mol. The molecule has 0 aliphatic carbocycles. The van der Waals surface area contributed by atoms with E-state index in [1.54, 1.807) is 24.0 Å². The number of thioether (sulfide) groups is 1. The Kier molecular flexibility index (Phi) is 10.2. The van der Waals surface area contributed by atoms with E-state index in [9.17, 15) is 19.7 Å². The van der Waals surface area contributed by atoms with Crippen molar-refractivity contribution in [3.8, 4) is 0 Å². The lowest BCUT2D eigenvalue weighted by atomic mass is 10.1. The van der Waals surface area contributed by atoms with Crippen molar-refractivity contribution in [1.29, 1.82) is 0 Å². The maximum Gasteiger partial charge on any atom is 0.269 e. The summed E-state index contributed by atoms with van der Waals surface area (Å²) < 4.78 is 0. The number of hydrogen-bond donors (Lipinski definition) is 1. The van der Waals surface area contributed by atoms with E-state index < -0.39 is 11.0 Å². The van der Waals surface area contributed by atoms with E-state index in [-0.39, 0.29) is 23.3 Å². The Bertz CT molecular complexity index is 918. The highest BCUT2D eigenvalue weighted by atomic mass is 32.2. The van der Waals surface area contributed by atoms with Crippen LogP contribution in [0.15, 0.2) is 48.5 Å². The molecule has 7 nitrogen and oxygen atoms in total. The number of nitro benzene ring substituents is 1.